The monoisotopic (exact) mass is 399 g/mol. The lowest BCUT2D eigenvalue weighted by Gasteiger charge is -2.29. The Morgan fingerprint density at radius 3 is 1.90 bits per heavy atom. The highest BCUT2D eigenvalue weighted by Crippen LogP contribution is 2.44. The summed E-state index contributed by atoms with van der Waals surface area (Å²) in [6.07, 6.45) is 1.72. The SMILES string of the molecule is CC(C)(C)c1cc(-c2c(-c3ccccc3)cnc(N)c2C#N)cc(C(C)(C)C)c1O. The van der Waals surface area contributed by atoms with E-state index >= 15 is 0 Å². The maximum absolute atomic E-state index is 11.1. The lowest BCUT2D eigenvalue weighted by molar-refractivity contribution is 0.423. The number of anilines is 1. The number of nitriles is 1. The van der Waals surface area contributed by atoms with Crippen molar-refractivity contribution in [1.82, 2.24) is 4.98 Å². The predicted octanol–water partition coefficient (Wildman–Crippen LogP) is 6.17. The predicted molar refractivity (Wildman–Crippen MR) is 123 cm³/mol. The van der Waals surface area contributed by atoms with Crippen molar-refractivity contribution in [2.75, 3.05) is 5.73 Å². The summed E-state index contributed by atoms with van der Waals surface area (Å²) >= 11 is 0. The molecule has 1 aromatic heterocycles. The smallest absolute Gasteiger partial charge is 0.141 e. The molecule has 0 spiro atoms. The molecular weight excluding hydrogens is 370 g/mol. The third kappa shape index (κ3) is 3.89. The van der Waals surface area contributed by atoms with E-state index in [0.717, 1.165) is 33.4 Å². The zero-order valence-corrected chi connectivity index (χ0v) is 18.5. The van der Waals surface area contributed by atoms with Crippen LogP contribution in [0.1, 0.15) is 58.2 Å². The number of pyridine rings is 1. The van der Waals surface area contributed by atoms with E-state index in [0.29, 0.717) is 11.3 Å². The maximum atomic E-state index is 11.1. The van der Waals surface area contributed by atoms with Gasteiger partial charge in [0, 0.05) is 28.5 Å². The van der Waals surface area contributed by atoms with E-state index in [1.807, 2.05) is 42.5 Å². The van der Waals surface area contributed by atoms with Crippen LogP contribution in [0.4, 0.5) is 5.82 Å². The highest BCUT2D eigenvalue weighted by atomic mass is 16.3. The van der Waals surface area contributed by atoms with Crippen molar-refractivity contribution in [3.63, 3.8) is 0 Å². The Morgan fingerprint density at radius 1 is 0.900 bits per heavy atom. The lowest BCUT2D eigenvalue weighted by atomic mass is 9.77. The first-order valence-electron chi connectivity index (χ1n) is 10.1. The van der Waals surface area contributed by atoms with Crippen LogP contribution < -0.4 is 5.73 Å². The number of nitrogens with two attached hydrogens (primary N) is 1. The molecule has 0 saturated heterocycles. The molecule has 0 aliphatic rings. The van der Waals surface area contributed by atoms with Crippen molar-refractivity contribution in [1.29, 1.82) is 5.26 Å². The summed E-state index contributed by atoms with van der Waals surface area (Å²) in [6.45, 7) is 12.4. The van der Waals surface area contributed by atoms with Crippen LogP contribution in [0.5, 0.6) is 5.75 Å². The molecule has 3 aromatic rings. The van der Waals surface area contributed by atoms with Gasteiger partial charge in [-0.05, 0) is 34.1 Å². The Bertz CT molecular complexity index is 1090. The first-order chi connectivity index (χ1) is 13.9. The molecule has 0 radical (unpaired) electrons. The van der Waals surface area contributed by atoms with Crippen molar-refractivity contribution in [3.05, 3.63) is 65.4 Å². The summed E-state index contributed by atoms with van der Waals surface area (Å²) in [7, 11) is 0. The number of nitrogen functional groups attached to an aromatic ring is 1. The van der Waals surface area contributed by atoms with Crippen LogP contribution in [0.15, 0.2) is 48.7 Å². The number of hydrogen-bond donors (Lipinski definition) is 2. The van der Waals surface area contributed by atoms with Crippen LogP contribution in [-0.4, -0.2) is 10.1 Å². The summed E-state index contributed by atoms with van der Waals surface area (Å²) in [6, 6.07) is 16.1. The van der Waals surface area contributed by atoms with Crippen molar-refractivity contribution in [3.8, 4) is 34.1 Å². The second kappa shape index (κ2) is 7.50. The van der Waals surface area contributed by atoms with E-state index in [1.165, 1.54) is 0 Å². The molecule has 4 heteroatoms. The average Bonchev–Trinajstić information content (AvgIpc) is 2.66. The number of benzene rings is 2. The fourth-order valence-corrected chi connectivity index (χ4v) is 3.70. The summed E-state index contributed by atoms with van der Waals surface area (Å²) < 4.78 is 0. The zero-order chi connectivity index (χ0) is 22.3. The normalized spacial score (nSPS) is 11.9. The van der Waals surface area contributed by atoms with Gasteiger partial charge in [-0.3, -0.25) is 0 Å². The zero-order valence-electron chi connectivity index (χ0n) is 18.5. The van der Waals surface area contributed by atoms with E-state index in [-0.39, 0.29) is 16.6 Å². The Morgan fingerprint density at radius 2 is 1.43 bits per heavy atom. The molecule has 0 saturated carbocycles. The van der Waals surface area contributed by atoms with Crippen LogP contribution >= 0.6 is 0 Å². The third-order valence-corrected chi connectivity index (χ3v) is 5.32. The summed E-state index contributed by atoms with van der Waals surface area (Å²) in [4.78, 5) is 4.28. The average molecular weight is 400 g/mol. The van der Waals surface area contributed by atoms with Crippen molar-refractivity contribution in [2.45, 2.75) is 52.4 Å². The molecule has 0 fully saturated rings. The number of aromatic nitrogens is 1. The molecule has 30 heavy (non-hydrogen) atoms. The van der Waals surface area contributed by atoms with Gasteiger partial charge in [-0.1, -0.05) is 71.9 Å². The van der Waals surface area contributed by atoms with Gasteiger partial charge in [-0.25, -0.2) is 4.98 Å². The van der Waals surface area contributed by atoms with Crippen LogP contribution in [0.3, 0.4) is 0 Å². The fraction of sp³-hybridized carbons (Fsp3) is 0.308. The fourth-order valence-electron chi connectivity index (χ4n) is 3.70. The van der Waals surface area contributed by atoms with Crippen LogP contribution in [0.25, 0.3) is 22.3 Å². The third-order valence-electron chi connectivity index (χ3n) is 5.32. The van der Waals surface area contributed by atoms with Crippen LogP contribution in [0.2, 0.25) is 0 Å². The molecular formula is C26H29N3O. The summed E-state index contributed by atoms with van der Waals surface area (Å²) in [5, 5.41) is 21.0. The molecule has 3 rings (SSSR count). The minimum Gasteiger partial charge on any atom is -0.507 e. The topological polar surface area (TPSA) is 82.9 Å². The molecule has 3 N–H and O–H groups in total. The van der Waals surface area contributed by atoms with Crippen molar-refractivity contribution in [2.24, 2.45) is 0 Å². The number of phenolic OH excluding ortho intramolecular Hbond substituents is 1. The molecule has 2 aromatic carbocycles. The van der Waals surface area contributed by atoms with Crippen LogP contribution in [-0.2, 0) is 10.8 Å². The number of aromatic hydroxyl groups is 1. The minimum atomic E-state index is -0.279. The standard InChI is InChI=1S/C26H29N3O/c1-25(2,3)20-12-17(13-21(23(20)30)26(4,5)6)22-18(14-27)24(28)29-15-19(22)16-10-8-7-9-11-16/h7-13,15,30H,1-6H3,(H2,28,29). The van der Waals surface area contributed by atoms with Gasteiger partial charge < -0.3 is 10.8 Å². The molecule has 0 bridgehead atoms. The summed E-state index contributed by atoms with van der Waals surface area (Å²) in [5.41, 5.74) is 11.0. The van der Waals surface area contributed by atoms with E-state index in [9.17, 15) is 10.4 Å². The van der Waals surface area contributed by atoms with E-state index in [4.69, 9.17) is 5.73 Å². The van der Waals surface area contributed by atoms with E-state index in [1.54, 1.807) is 6.20 Å². The quantitative estimate of drug-likeness (QED) is 0.540. The summed E-state index contributed by atoms with van der Waals surface area (Å²) in [5.74, 6) is 0.510. The molecule has 0 amide bonds. The number of hydrogen-bond acceptors (Lipinski definition) is 4. The van der Waals surface area contributed by atoms with Gasteiger partial charge in [-0.2, -0.15) is 5.26 Å². The highest BCUT2D eigenvalue weighted by molar-refractivity contribution is 5.90. The largest absolute Gasteiger partial charge is 0.507 e. The van der Waals surface area contributed by atoms with Gasteiger partial charge in [0.2, 0.25) is 0 Å². The molecule has 0 atom stereocenters. The van der Waals surface area contributed by atoms with Gasteiger partial charge in [0.25, 0.3) is 0 Å². The molecule has 0 aliphatic heterocycles. The Balaban J connectivity index is 2.47. The van der Waals surface area contributed by atoms with Gasteiger partial charge in [-0.15, -0.1) is 0 Å². The van der Waals surface area contributed by atoms with Gasteiger partial charge >= 0.3 is 0 Å². The second-order valence-electron chi connectivity index (χ2n) is 9.70. The van der Waals surface area contributed by atoms with Crippen molar-refractivity contribution < 1.29 is 5.11 Å². The van der Waals surface area contributed by atoms with Crippen LogP contribution in [0, 0.1) is 11.3 Å². The molecule has 4 nitrogen and oxygen atoms in total. The minimum absolute atomic E-state index is 0.204. The Kier molecular flexibility index (Phi) is 5.34. The Hall–Kier alpha value is -3.32. The number of nitrogens with zero attached hydrogens (tertiary/aromatic N) is 2. The molecule has 1 heterocycles. The first-order valence-corrected chi connectivity index (χ1v) is 10.1. The number of rotatable bonds is 2. The van der Waals surface area contributed by atoms with Gasteiger partial charge in [0.05, 0.1) is 0 Å². The maximum Gasteiger partial charge on any atom is 0.141 e. The van der Waals surface area contributed by atoms with Gasteiger partial charge in [0.15, 0.2) is 0 Å². The van der Waals surface area contributed by atoms with Gasteiger partial charge in [0.1, 0.15) is 23.2 Å². The molecule has 154 valence electrons. The highest BCUT2D eigenvalue weighted by Gasteiger charge is 2.28. The second-order valence-corrected chi connectivity index (χ2v) is 9.70. The molecule has 0 unspecified atom stereocenters. The number of phenols is 1. The Labute approximate surface area is 179 Å². The van der Waals surface area contributed by atoms with Crippen molar-refractivity contribution >= 4 is 5.82 Å². The first kappa shape index (κ1) is 21.4. The van der Waals surface area contributed by atoms with E-state index < -0.39 is 0 Å². The molecule has 0 aliphatic carbocycles. The lowest BCUT2D eigenvalue weighted by Crippen LogP contribution is -2.17. The van der Waals surface area contributed by atoms with E-state index in [2.05, 4.69) is 52.6 Å².